The van der Waals surface area contributed by atoms with Gasteiger partial charge in [0.15, 0.2) is 5.82 Å². The van der Waals surface area contributed by atoms with Gasteiger partial charge in [0, 0.05) is 5.56 Å². The summed E-state index contributed by atoms with van der Waals surface area (Å²) in [7, 11) is 0. The van der Waals surface area contributed by atoms with E-state index in [-0.39, 0.29) is 11.9 Å². The zero-order chi connectivity index (χ0) is 17.2. The van der Waals surface area contributed by atoms with Crippen molar-refractivity contribution < 1.29 is 13.4 Å². The predicted molar refractivity (Wildman–Crippen MR) is 85.7 cm³/mol. The monoisotopic (exact) mass is 343 g/mol. The van der Waals surface area contributed by atoms with E-state index in [1.165, 1.54) is 12.1 Å². The molecular weight excluding hydrogens is 325 g/mol. The molecule has 1 aromatic carbocycles. The molecule has 0 N–H and O–H groups in total. The Kier molecular flexibility index (Phi) is 4.27. The number of aromatic nitrogens is 4. The van der Waals surface area contributed by atoms with E-state index in [0.717, 1.165) is 31.4 Å². The van der Waals surface area contributed by atoms with Crippen LogP contribution in [-0.4, -0.2) is 31.7 Å². The van der Waals surface area contributed by atoms with E-state index in [2.05, 4.69) is 25.2 Å². The third-order valence-electron chi connectivity index (χ3n) is 4.35. The van der Waals surface area contributed by atoms with Crippen LogP contribution in [0.1, 0.15) is 42.9 Å². The maximum absolute atomic E-state index is 13.0. The Labute approximate surface area is 143 Å². The molecule has 3 heterocycles. The van der Waals surface area contributed by atoms with Gasteiger partial charge in [-0.3, -0.25) is 4.90 Å². The third-order valence-corrected chi connectivity index (χ3v) is 4.35. The molecule has 25 heavy (non-hydrogen) atoms. The van der Waals surface area contributed by atoms with E-state index in [9.17, 15) is 4.39 Å². The Morgan fingerprint density at radius 2 is 1.96 bits per heavy atom. The van der Waals surface area contributed by atoms with Crippen LogP contribution < -0.4 is 0 Å². The van der Waals surface area contributed by atoms with Crippen LogP contribution in [0, 0.1) is 12.7 Å². The lowest BCUT2D eigenvalue weighted by Gasteiger charge is -2.31. The summed E-state index contributed by atoms with van der Waals surface area (Å²) in [6, 6.07) is 6.09. The Balaban J connectivity index is 1.51. The summed E-state index contributed by atoms with van der Waals surface area (Å²) in [6.45, 7) is 3.23. The Bertz CT molecular complexity index is 845. The molecule has 0 unspecified atom stereocenters. The molecule has 1 fully saturated rings. The first-order valence-corrected chi connectivity index (χ1v) is 8.32. The smallest absolute Gasteiger partial charge is 0.243 e. The first-order valence-electron chi connectivity index (χ1n) is 8.32. The maximum atomic E-state index is 13.0. The highest BCUT2D eigenvalue weighted by atomic mass is 19.1. The number of likely N-dealkylation sites (tertiary alicyclic amines) is 1. The van der Waals surface area contributed by atoms with E-state index in [0.29, 0.717) is 30.0 Å². The standard InChI is InChI=1S/C17H18FN5O2/c1-11-19-17(25-21-11)14-4-2-3-9-23(14)10-15-20-16(22-24-15)12-5-7-13(18)8-6-12/h5-8,14H,2-4,9-10H2,1H3/t14-/m1/s1. The normalized spacial score (nSPS) is 18.6. The number of benzene rings is 1. The van der Waals surface area contributed by atoms with Gasteiger partial charge in [0.05, 0.1) is 12.6 Å². The summed E-state index contributed by atoms with van der Waals surface area (Å²) < 4.78 is 23.8. The lowest BCUT2D eigenvalue weighted by atomic mass is 10.0. The van der Waals surface area contributed by atoms with Gasteiger partial charge in [-0.2, -0.15) is 9.97 Å². The van der Waals surface area contributed by atoms with Crippen molar-refractivity contribution in [3.8, 4) is 11.4 Å². The molecule has 2 aromatic heterocycles. The van der Waals surface area contributed by atoms with Crippen molar-refractivity contribution in [2.75, 3.05) is 6.54 Å². The summed E-state index contributed by atoms with van der Waals surface area (Å²) >= 11 is 0. The summed E-state index contributed by atoms with van der Waals surface area (Å²) in [6.07, 6.45) is 3.18. The highest BCUT2D eigenvalue weighted by Crippen LogP contribution is 2.31. The van der Waals surface area contributed by atoms with Crippen LogP contribution in [0.3, 0.4) is 0 Å². The summed E-state index contributed by atoms with van der Waals surface area (Å²) in [5.41, 5.74) is 0.721. The second-order valence-electron chi connectivity index (χ2n) is 6.18. The SMILES string of the molecule is Cc1noc([C@H]2CCCCN2Cc2nc(-c3ccc(F)cc3)no2)n1. The fourth-order valence-electron chi connectivity index (χ4n) is 3.12. The first-order chi connectivity index (χ1) is 12.2. The number of rotatable bonds is 4. The number of piperidine rings is 1. The fraction of sp³-hybridized carbons (Fsp3) is 0.412. The zero-order valence-electron chi connectivity index (χ0n) is 13.9. The topological polar surface area (TPSA) is 81.1 Å². The first kappa shape index (κ1) is 15.9. The molecule has 130 valence electrons. The molecule has 1 aliphatic rings. The molecule has 1 saturated heterocycles. The molecule has 0 aliphatic carbocycles. The van der Waals surface area contributed by atoms with Gasteiger partial charge < -0.3 is 9.05 Å². The van der Waals surface area contributed by atoms with Crippen molar-refractivity contribution in [1.82, 2.24) is 25.2 Å². The lowest BCUT2D eigenvalue weighted by Crippen LogP contribution is -2.33. The van der Waals surface area contributed by atoms with Crippen molar-refractivity contribution in [1.29, 1.82) is 0 Å². The van der Waals surface area contributed by atoms with Crippen LogP contribution >= 0.6 is 0 Å². The largest absolute Gasteiger partial charge is 0.338 e. The average Bonchev–Trinajstić information content (AvgIpc) is 3.25. The van der Waals surface area contributed by atoms with Crippen LogP contribution in [0.15, 0.2) is 33.3 Å². The van der Waals surface area contributed by atoms with Gasteiger partial charge in [-0.25, -0.2) is 4.39 Å². The molecule has 8 heteroatoms. The molecular formula is C17H18FN5O2. The Morgan fingerprint density at radius 1 is 1.12 bits per heavy atom. The fourth-order valence-corrected chi connectivity index (χ4v) is 3.12. The summed E-state index contributed by atoms with van der Waals surface area (Å²) in [5.74, 6) is 1.95. The third kappa shape index (κ3) is 3.43. The van der Waals surface area contributed by atoms with Crippen LogP contribution in [-0.2, 0) is 6.54 Å². The van der Waals surface area contributed by atoms with Gasteiger partial charge in [-0.15, -0.1) is 0 Å². The summed E-state index contributed by atoms with van der Waals surface area (Å²) in [4.78, 5) is 11.0. The highest BCUT2D eigenvalue weighted by molar-refractivity contribution is 5.53. The van der Waals surface area contributed by atoms with Gasteiger partial charge >= 0.3 is 0 Å². The van der Waals surface area contributed by atoms with E-state index in [1.807, 2.05) is 6.92 Å². The van der Waals surface area contributed by atoms with Crippen LogP contribution in [0.4, 0.5) is 4.39 Å². The van der Waals surface area contributed by atoms with Gasteiger partial charge in [-0.1, -0.05) is 16.7 Å². The predicted octanol–water partition coefficient (Wildman–Crippen LogP) is 3.29. The molecule has 0 saturated carbocycles. The molecule has 7 nitrogen and oxygen atoms in total. The van der Waals surface area contributed by atoms with Crippen LogP contribution in [0.25, 0.3) is 11.4 Å². The molecule has 0 spiro atoms. The zero-order valence-corrected chi connectivity index (χ0v) is 13.9. The minimum atomic E-state index is -0.293. The molecule has 1 atom stereocenters. The van der Waals surface area contributed by atoms with E-state index >= 15 is 0 Å². The summed E-state index contributed by atoms with van der Waals surface area (Å²) in [5, 5.41) is 7.89. The molecule has 1 aliphatic heterocycles. The van der Waals surface area contributed by atoms with Gasteiger partial charge in [0.25, 0.3) is 0 Å². The second kappa shape index (κ2) is 6.72. The molecule has 0 bridgehead atoms. The van der Waals surface area contributed by atoms with E-state index < -0.39 is 0 Å². The van der Waals surface area contributed by atoms with Gasteiger partial charge in [0.1, 0.15) is 5.82 Å². The van der Waals surface area contributed by atoms with Crippen molar-refractivity contribution in [2.24, 2.45) is 0 Å². The quantitative estimate of drug-likeness (QED) is 0.719. The maximum Gasteiger partial charge on any atom is 0.243 e. The van der Waals surface area contributed by atoms with Gasteiger partial charge in [0.2, 0.25) is 17.6 Å². The van der Waals surface area contributed by atoms with Crippen molar-refractivity contribution >= 4 is 0 Å². The lowest BCUT2D eigenvalue weighted by molar-refractivity contribution is 0.0986. The van der Waals surface area contributed by atoms with Crippen LogP contribution in [0.5, 0.6) is 0 Å². The molecule has 0 amide bonds. The molecule has 3 aromatic rings. The van der Waals surface area contributed by atoms with Gasteiger partial charge in [-0.05, 0) is 50.6 Å². The minimum Gasteiger partial charge on any atom is -0.338 e. The average molecular weight is 343 g/mol. The van der Waals surface area contributed by atoms with E-state index in [1.54, 1.807) is 12.1 Å². The number of halogens is 1. The Hall–Kier alpha value is -2.61. The number of nitrogens with zero attached hydrogens (tertiary/aromatic N) is 5. The second-order valence-corrected chi connectivity index (χ2v) is 6.18. The van der Waals surface area contributed by atoms with Crippen molar-refractivity contribution in [3.05, 3.63) is 47.7 Å². The van der Waals surface area contributed by atoms with Crippen molar-refractivity contribution in [2.45, 2.75) is 38.8 Å². The van der Waals surface area contributed by atoms with Crippen molar-refractivity contribution in [3.63, 3.8) is 0 Å². The van der Waals surface area contributed by atoms with E-state index in [4.69, 9.17) is 9.05 Å². The number of hydrogen-bond donors (Lipinski definition) is 0. The Morgan fingerprint density at radius 3 is 2.72 bits per heavy atom. The molecule has 4 rings (SSSR count). The minimum absolute atomic E-state index is 0.0659. The van der Waals surface area contributed by atoms with Crippen LogP contribution in [0.2, 0.25) is 0 Å². The molecule has 0 radical (unpaired) electrons. The highest BCUT2D eigenvalue weighted by Gasteiger charge is 2.29. The number of hydrogen-bond acceptors (Lipinski definition) is 7. The number of aryl methyl sites for hydroxylation is 1.